The molecule has 4 aromatic rings. The lowest BCUT2D eigenvalue weighted by Crippen LogP contribution is -2.47. The van der Waals surface area contributed by atoms with Gasteiger partial charge in [-0.15, -0.1) is 0 Å². The van der Waals surface area contributed by atoms with Crippen LogP contribution in [0.3, 0.4) is 0 Å². The van der Waals surface area contributed by atoms with Crippen molar-refractivity contribution in [2.45, 2.75) is 13.8 Å². The molecule has 0 amide bonds. The first kappa shape index (κ1) is 17.7. The third-order valence-electron chi connectivity index (χ3n) is 5.73. The van der Waals surface area contributed by atoms with Gasteiger partial charge in [0.2, 0.25) is 0 Å². The van der Waals surface area contributed by atoms with Crippen molar-refractivity contribution in [3.05, 3.63) is 78.1 Å². The van der Waals surface area contributed by atoms with Crippen LogP contribution in [0.15, 0.2) is 66.9 Å². The summed E-state index contributed by atoms with van der Waals surface area (Å²) < 4.78 is 2.00. The summed E-state index contributed by atoms with van der Waals surface area (Å²) in [5, 5.41) is 4.70. The van der Waals surface area contributed by atoms with Gasteiger partial charge < -0.3 is 9.80 Å². The molecule has 1 aliphatic rings. The quantitative estimate of drug-likeness (QED) is 0.527. The van der Waals surface area contributed by atoms with Crippen molar-refractivity contribution in [3.8, 4) is 11.1 Å². The molecule has 29 heavy (non-hydrogen) atoms. The number of piperazine rings is 1. The fraction of sp³-hybridized carbons (Fsp3) is 0.250. The second-order valence-corrected chi connectivity index (χ2v) is 7.68. The highest BCUT2D eigenvalue weighted by atomic mass is 15.4. The summed E-state index contributed by atoms with van der Waals surface area (Å²) in [5.74, 6) is 1.12. The molecule has 0 radical (unpaired) electrons. The minimum Gasteiger partial charge on any atom is -0.368 e. The maximum Gasteiger partial charge on any atom is 0.165 e. The minimum absolute atomic E-state index is 0.924. The molecule has 0 N–H and O–H groups in total. The van der Waals surface area contributed by atoms with Crippen LogP contribution < -0.4 is 9.80 Å². The molecule has 0 spiro atoms. The lowest BCUT2D eigenvalue weighted by molar-refractivity contribution is 0.637. The summed E-state index contributed by atoms with van der Waals surface area (Å²) in [6.07, 6.45) is 1.93. The molecule has 1 saturated heterocycles. The lowest BCUT2D eigenvalue weighted by atomic mass is 10.1. The van der Waals surface area contributed by atoms with Gasteiger partial charge in [-0.1, -0.05) is 48.5 Å². The molecule has 0 saturated carbocycles. The van der Waals surface area contributed by atoms with Crippen molar-refractivity contribution < 1.29 is 0 Å². The molecule has 2 aromatic heterocycles. The smallest absolute Gasteiger partial charge is 0.165 e. The van der Waals surface area contributed by atoms with Crippen molar-refractivity contribution in [1.82, 2.24) is 14.6 Å². The monoisotopic (exact) mass is 383 g/mol. The average Bonchev–Trinajstić information content (AvgIpc) is 3.18. The second-order valence-electron chi connectivity index (χ2n) is 7.68. The second kappa shape index (κ2) is 7.24. The molecular formula is C24H25N5. The number of hydrogen-bond acceptors (Lipinski definition) is 4. The van der Waals surface area contributed by atoms with E-state index in [1.165, 1.54) is 11.3 Å². The SMILES string of the molecule is Cc1cc(N2CCN(c3ccccc3C)CC2)n2ncc(-c3ccccc3)c2n1. The van der Waals surface area contributed by atoms with Crippen LogP contribution >= 0.6 is 0 Å². The van der Waals surface area contributed by atoms with Crippen LogP contribution in [-0.4, -0.2) is 40.8 Å². The van der Waals surface area contributed by atoms with Gasteiger partial charge in [-0.05, 0) is 31.0 Å². The molecule has 3 heterocycles. The van der Waals surface area contributed by atoms with Crippen LogP contribution in [0.25, 0.3) is 16.8 Å². The standard InChI is InChI=1S/C24H25N5/c1-18-8-6-7-11-22(18)27-12-14-28(15-13-27)23-16-19(2)26-24-21(17-25-29(23)24)20-9-4-3-5-10-20/h3-11,16-17H,12-15H2,1-2H3. The summed E-state index contributed by atoms with van der Waals surface area (Å²) in [4.78, 5) is 9.72. The first-order valence-corrected chi connectivity index (χ1v) is 10.2. The molecule has 0 bridgehead atoms. The van der Waals surface area contributed by atoms with Crippen LogP contribution in [0, 0.1) is 13.8 Å². The Balaban J connectivity index is 1.46. The Bertz CT molecular complexity index is 1140. The number of hydrogen-bond donors (Lipinski definition) is 0. The third-order valence-corrected chi connectivity index (χ3v) is 5.73. The highest BCUT2D eigenvalue weighted by molar-refractivity contribution is 5.78. The van der Waals surface area contributed by atoms with Gasteiger partial charge in [-0.25, -0.2) is 4.98 Å². The summed E-state index contributed by atoms with van der Waals surface area (Å²) in [5.41, 5.74) is 6.85. The molecule has 5 rings (SSSR count). The number of aromatic nitrogens is 3. The Kier molecular flexibility index (Phi) is 4.43. The first-order chi connectivity index (χ1) is 14.2. The van der Waals surface area contributed by atoms with Gasteiger partial charge in [0, 0.05) is 49.2 Å². The Hall–Kier alpha value is -3.34. The topological polar surface area (TPSA) is 36.7 Å². The van der Waals surface area contributed by atoms with Crippen molar-refractivity contribution in [2.24, 2.45) is 0 Å². The number of fused-ring (bicyclic) bond motifs is 1. The van der Waals surface area contributed by atoms with Crippen molar-refractivity contribution in [2.75, 3.05) is 36.0 Å². The Morgan fingerprint density at radius 2 is 1.48 bits per heavy atom. The molecule has 0 atom stereocenters. The highest BCUT2D eigenvalue weighted by Crippen LogP contribution is 2.28. The first-order valence-electron chi connectivity index (χ1n) is 10.2. The van der Waals surface area contributed by atoms with E-state index in [4.69, 9.17) is 10.1 Å². The number of rotatable bonds is 3. The summed E-state index contributed by atoms with van der Waals surface area (Å²) >= 11 is 0. The van der Waals surface area contributed by atoms with Crippen LogP contribution in [0.5, 0.6) is 0 Å². The van der Waals surface area contributed by atoms with E-state index in [0.29, 0.717) is 0 Å². The maximum absolute atomic E-state index is 4.80. The highest BCUT2D eigenvalue weighted by Gasteiger charge is 2.22. The lowest BCUT2D eigenvalue weighted by Gasteiger charge is -2.37. The van der Waals surface area contributed by atoms with E-state index >= 15 is 0 Å². The van der Waals surface area contributed by atoms with Crippen molar-refractivity contribution >= 4 is 17.2 Å². The van der Waals surface area contributed by atoms with E-state index in [-0.39, 0.29) is 0 Å². The molecule has 0 unspecified atom stereocenters. The van der Waals surface area contributed by atoms with Gasteiger partial charge in [0.1, 0.15) is 5.82 Å². The van der Waals surface area contributed by atoms with Crippen LogP contribution in [0.1, 0.15) is 11.3 Å². The number of benzene rings is 2. The predicted octanol–water partition coefficient (Wildman–Crippen LogP) is 4.34. The van der Waals surface area contributed by atoms with E-state index in [9.17, 15) is 0 Å². The van der Waals surface area contributed by atoms with Crippen LogP contribution in [-0.2, 0) is 0 Å². The van der Waals surface area contributed by atoms with Crippen molar-refractivity contribution in [3.63, 3.8) is 0 Å². The maximum atomic E-state index is 4.80. The summed E-state index contributed by atoms with van der Waals surface area (Å²) in [6.45, 7) is 8.18. The molecule has 146 valence electrons. The third kappa shape index (κ3) is 3.23. The van der Waals surface area contributed by atoms with E-state index < -0.39 is 0 Å². The fourth-order valence-corrected chi connectivity index (χ4v) is 4.21. The van der Waals surface area contributed by atoms with Gasteiger partial charge in [-0.2, -0.15) is 9.61 Å². The number of aryl methyl sites for hydroxylation is 2. The van der Waals surface area contributed by atoms with E-state index in [1.807, 2.05) is 16.8 Å². The van der Waals surface area contributed by atoms with E-state index in [1.54, 1.807) is 0 Å². The molecule has 5 heteroatoms. The zero-order chi connectivity index (χ0) is 19.8. The van der Waals surface area contributed by atoms with Gasteiger partial charge >= 0.3 is 0 Å². The Labute approximate surface area is 171 Å². The number of para-hydroxylation sites is 1. The van der Waals surface area contributed by atoms with E-state index in [0.717, 1.165) is 54.5 Å². The van der Waals surface area contributed by atoms with Crippen LogP contribution in [0.4, 0.5) is 11.5 Å². The summed E-state index contributed by atoms with van der Waals surface area (Å²) in [7, 11) is 0. The molecule has 5 nitrogen and oxygen atoms in total. The Morgan fingerprint density at radius 3 is 2.24 bits per heavy atom. The zero-order valence-corrected chi connectivity index (χ0v) is 16.9. The molecule has 2 aromatic carbocycles. The Morgan fingerprint density at radius 1 is 0.793 bits per heavy atom. The number of nitrogens with zero attached hydrogens (tertiary/aromatic N) is 5. The normalized spacial score (nSPS) is 14.6. The average molecular weight is 383 g/mol. The summed E-state index contributed by atoms with van der Waals surface area (Å²) in [6, 6.07) is 21.2. The van der Waals surface area contributed by atoms with Crippen LogP contribution in [0.2, 0.25) is 0 Å². The van der Waals surface area contributed by atoms with Crippen molar-refractivity contribution in [1.29, 1.82) is 0 Å². The van der Waals surface area contributed by atoms with Gasteiger partial charge in [-0.3, -0.25) is 0 Å². The van der Waals surface area contributed by atoms with Gasteiger partial charge in [0.05, 0.1) is 6.20 Å². The molecule has 0 aliphatic carbocycles. The molecule has 1 aliphatic heterocycles. The fourth-order valence-electron chi connectivity index (χ4n) is 4.21. The minimum atomic E-state index is 0.924. The number of anilines is 2. The molecule has 1 fully saturated rings. The molecular weight excluding hydrogens is 358 g/mol. The zero-order valence-electron chi connectivity index (χ0n) is 16.9. The predicted molar refractivity (Wildman–Crippen MR) is 119 cm³/mol. The van der Waals surface area contributed by atoms with E-state index in [2.05, 4.69) is 78.2 Å². The largest absolute Gasteiger partial charge is 0.368 e. The van der Waals surface area contributed by atoms with Gasteiger partial charge in [0.15, 0.2) is 5.65 Å². The van der Waals surface area contributed by atoms with Gasteiger partial charge in [0.25, 0.3) is 0 Å².